The molecule has 150 valence electrons. The van der Waals surface area contributed by atoms with Gasteiger partial charge in [0.15, 0.2) is 0 Å². The maximum Gasteiger partial charge on any atom is 0.253 e. The van der Waals surface area contributed by atoms with Gasteiger partial charge in [-0.25, -0.2) is 4.39 Å². The van der Waals surface area contributed by atoms with Gasteiger partial charge in [-0.1, -0.05) is 18.2 Å². The number of benzene rings is 3. The maximum atomic E-state index is 13.1. The molecule has 1 aliphatic rings. The highest BCUT2D eigenvalue weighted by molar-refractivity contribution is 5.94. The lowest BCUT2D eigenvalue weighted by Gasteiger charge is -2.38. The number of halogens is 1. The second-order valence-corrected chi connectivity index (χ2v) is 7.48. The van der Waals surface area contributed by atoms with Crippen LogP contribution in [0.2, 0.25) is 0 Å². The minimum Gasteiger partial charge on any atom is -0.497 e. The van der Waals surface area contributed by atoms with Gasteiger partial charge in [0.1, 0.15) is 11.6 Å². The number of carbonyl (C=O) groups excluding carboxylic acids is 1. The Kier molecular flexibility index (Phi) is 5.49. The van der Waals surface area contributed by atoms with Gasteiger partial charge in [0.25, 0.3) is 5.91 Å². The maximum absolute atomic E-state index is 13.1. The molecule has 1 aliphatic heterocycles. The Bertz CT molecular complexity index is 1010. The lowest BCUT2D eigenvalue weighted by Crippen LogP contribution is -2.49. The first-order valence-corrected chi connectivity index (χ1v) is 9.92. The van der Waals surface area contributed by atoms with Crippen LogP contribution < -0.4 is 4.74 Å². The summed E-state index contributed by atoms with van der Waals surface area (Å²) in [5.41, 5.74) is 1.80. The highest BCUT2D eigenvalue weighted by Crippen LogP contribution is 2.27. The fraction of sp³-hybridized carbons (Fsp3) is 0.292. The molecule has 1 amide bonds. The van der Waals surface area contributed by atoms with E-state index in [0.29, 0.717) is 18.7 Å². The van der Waals surface area contributed by atoms with Crippen LogP contribution in [0.4, 0.5) is 4.39 Å². The van der Waals surface area contributed by atoms with Crippen LogP contribution in [-0.4, -0.2) is 49.0 Å². The number of rotatable bonds is 4. The van der Waals surface area contributed by atoms with E-state index in [-0.39, 0.29) is 17.8 Å². The van der Waals surface area contributed by atoms with E-state index in [4.69, 9.17) is 4.74 Å². The van der Waals surface area contributed by atoms with Gasteiger partial charge in [-0.05, 0) is 65.7 Å². The van der Waals surface area contributed by atoms with Crippen molar-refractivity contribution in [2.45, 2.75) is 13.0 Å². The van der Waals surface area contributed by atoms with Gasteiger partial charge in [-0.3, -0.25) is 9.69 Å². The molecule has 0 bridgehead atoms. The normalized spacial score (nSPS) is 16.0. The average Bonchev–Trinajstić information content (AvgIpc) is 2.78. The monoisotopic (exact) mass is 392 g/mol. The third kappa shape index (κ3) is 4.10. The SMILES string of the molecule is COc1ccc2cc(C(C)N3CCN(C(=O)c4ccc(F)cc4)CC3)ccc2c1. The van der Waals surface area contributed by atoms with Crippen LogP contribution in [0.1, 0.15) is 28.9 Å². The zero-order valence-corrected chi connectivity index (χ0v) is 16.8. The number of carbonyl (C=O) groups is 1. The van der Waals surface area contributed by atoms with Crippen molar-refractivity contribution in [3.63, 3.8) is 0 Å². The van der Waals surface area contributed by atoms with Crippen molar-refractivity contribution in [1.29, 1.82) is 0 Å². The standard InChI is InChI=1S/C24H25FN2O2/c1-17(19-3-4-21-16-23(29-2)10-7-20(21)15-19)26-11-13-27(14-12-26)24(28)18-5-8-22(25)9-6-18/h3-10,15-17H,11-14H2,1-2H3. The minimum atomic E-state index is -0.325. The van der Waals surface area contributed by atoms with Gasteiger partial charge >= 0.3 is 0 Å². The molecule has 0 saturated carbocycles. The molecule has 4 rings (SSSR count). The smallest absolute Gasteiger partial charge is 0.253 e. The molecule has 5 heteroatoms. The molecule has 0 N–H and O–H groups in total. The first-order chi connectivity index (χ1) is 14.0. The lowest BCUT2D eigenvalue weighted by atomic mass is 10.0. The molecule has 29 heavy (non-hydrogen) atoms. The summed E-state index contributed by atoms with van der Waals surface area (Å²) < 4.78 is 18.4. The molecule has 0 radical (unpaired) electrons. The van der Waals surface area contributed by atoms with E-state index in [1.807, 2.05) is 17.0 Å². The highest BCUT2D eigenvalue weighted by Gasteiger charge is 2.25. The summed E-state index contributed by atoms with van der Waals surface area (Å²) in [5, 5.41) is 2.36. The van der Waals surface area contributed by atoms with Gasteiger partial charge in [0.05, 0.1) is 7.11 Å². The summed E-state index contributed by atoms with van der Waals surface area (Å²) in [6, 6.07) is 18.7. The van der Waals surface area contributed by atoms with Crippen molar-refractivity contribution in [1.82, 2.24) is 9.80 Å². The van der Waals surface area contributed by atoms with E-state index in [9.17, 15) is 9.18 Å². The molecule has 1 heterocycles. The van der Waals surface area contributed by atoms with E-state index in [2.05, 4.69) is 36.1 Å². The van der Waals surface area contributed by atoms with Crippen LogP contribution in [0.25, 0.3) is 10.8 Å². The number of hydrogen-bond acceptors (Lipinski definition) is 3. The summed E-state index contributed by atoms with van der Waals surface area (Å²) in [7, 11) is 1.68. The van der Waals surface area contributed by atoms with Crippen LogP contribution in [0.3, 0.4) is 0 Å². The summed E-state index contributed by atoms with van der Waals surface area (Å²) in [4.78, 5) is 16.9. The lowest BCUT2D eigenvalue weighted by molar-refractivity contribution is 0.0582. The molecular weight excluding hydrogens is 367 g/mol. The third-order valence-corrected chi connectivity index (χ3v) is 5.79. The van der Waals surface area contributed by atoms with E-state index >= 15 is 0 Å². The molecule has 1 saturated heterocycles. The number of methoxy groups -OCH3 is 1. The summed E-state index contributed by atoms with van der Waals surface area (Å²) in [6.07, 6.45) is 0. The van der Waals surface area contributed by atoms with Crippen molar-refractivity contribution in [3.05, 3.63) is 77.6 Å². The second kappa shape index (κ2) is 8.21. The molecule has 0 aliphatic carbocycles. The quantitative estimate of drug-likeness (QED) is 0.655. The van der Waals surface area contributed by atoms with Crippen molar-refractivity contribution < 1.29 is 13.9 Å². The fourth-order valence-electron chi connectivity index (χ4n) is 3.93. The third-order valence-electron chi connectivity index (χ3n) is 5.79. The Labute approximate surface area is 170 Å². The molecular formula is C24H25FN2O2. The minimum absolute atomic E-state index is 0.0306. The molecule has 4 nitrogen and oxygen atoms in total. The van der Waals surface area contributed by atoms with Crippen molar-refractivity contribution in [3.8, 4) is 5.75 Å². The van der Waals surface area contributed by atoms with E-state index < -0.39 is 0 Å². The fourth-order valence-corrected chi connectivity index (χ4v) is 3.93. The molecule has 3 aromatic carbocycles. The number of amides is 1. The molecule has 1 unspecified atom stereocenters. The predicted octanol–water partition coefficient (Wildman–Crippen LogP) is 4.51. The van der Waals surface area contributed by atoms with Gasteiger partial charge in [0.2, 0.25) is 0 Å². The molecule has 1 atom stereocenters. The Balaban J connectivity index is 1.42. The number of nitrogens with zero attached hydrogens (tertiary/aromatic N) is 2. The zero-order valence-electron chi connectivity index (χ0n) is 16.8. The van der Waals surface area contributed by atoms with Gasteiger partial charge in [-0.15, -0.1) is 0 Å². The van der Waals surface area contributed by atoms with E-state index in [1.165, 1.54) is 23.1 Å². The van der Waals surface area contributed by atoms with E-state index in [0.717, 1.165) is 24.2 Å². The van der Waals surface area contributed by atoms with Crippen LogP contribution in [0, 0.1) is 5.82 Å². The Morgan fingerprint density at radius 1 is 0.931 bits per heavy atom. The highest BCUT2D eigenvalue weighted by atomic mass is 19.1. The number of piperazine rings is 1. The first-order valence-electron chi connectivity index (χ1n) is 9.92. The number of ether oxygens (including phenoxy) is 1. The van der Waals surface area contributed by atoms with Crippen LogP contribution in [-0.2, 0) is 0 Å². The van der Waals surface area contributed by atoms with Crippen molar-refractivity contribution in [2.75, 3.05) is 33.3 Å². The Morgan fingerprint density at radius 3 is 2.28 bits per heavy atom. The van der Waals surface area contributed by atoms with Gasteiger partial charge in [0, 0.05) is 37.8 Å². The molecule has 3 aromatic rings. The molecule has 0 aromatic heterocycles. The van der Waals surface area contributed by atoms with Crippen LogP contribution in [0.15, 0.2) is 60.7 Å². The Morgan fingerprint density at radius 2 is 1.59 bits per heavy atom. The van der Waals surface area contributed by atoms with Gasteiger partial charge in [-0.2, -0.15) is 0 Å². The number of hydrogen-bond donors (Lipinski definition) is 0. The van der Waals surface area contributed by atoms with Crippen LogP contribution in [0.5, 0.6) is 5.75 Å². The Hall–Kier alpha value is -2.92. The summed E-state index contributed by atoms with van der Waals surface area (Å²) in [5.74, 6) is 0.506. The average molecular weight is 392 g/mol. The topological polar surface area (TPSA) is 32.8 Å². The zero-order chi connectivity index (χ0) is 20.4. The van der Waals surface area contributed by atoms with Crippen LogP contribution >= 0.6 is 0 Å². The van der Waals surface area contributed by atoms with E-state index in [1.54, 1.807) is 19.2 Å². The van der Waals surface area contributed by atoms with Crippen molar-refractivity contribution >= 4 is 16.7 Å². The number of fused-ring (bicyclic) bond motifs is 1. The van der Waals surface area contributed by atoms with Gasteiger partial charge < -0.3 is 9.64 Å². The second-order valence-electron chi connectivity index (χ2n) is 7.48. The first kappa shape index (κ1) is 19.4. The summed E-state index contributed by atoms with van der Waals surface area (Å²) >= 11 is 0. The largest absolute Gasteiger partial charge is 0.497 e. The summed E-state index contributed by atoms with van der Waals surface area (Å²) in [6.45, 7) is 5.18. The molecule has 0 spiro atoms. The van der Waals surface area contributed by atoms with Crippen molar-refractivity contribution in [2.24, 2.45) is 0 Å². The molecule has 1 fully saturated rings. The predicted molar refractivity (Wildman–Crippen MR) is 113 cm³/mol.